The second-order valence-corrected chi connectivity index (χ2v) is 3.26. The molecule has 0 aromatic rings. The fourth-order valence-electron chi connectivity index (χ4n) is 1.13. The molecule has 0 radical (unpaired) electrons. The molecule has 0 aliphatic carbocycles. The number of carboxylic acid groups (broad SMARTS) is 1. The largest absolute Gasteiger partial charge is 1.00 e. The van der Waals surface area contributed by atoms with Crippen LogP contribution in [-0.2, 0) is 4.79 Å². The number of rotatable bonds is 6. The maximum Gasteiger partial charge on any atom is 1.00 e. The van der Waals surface area contributed by atoms with E-state index in [1.807, 2.05) is 0 Å². The van der Waals surface area contributed by atoms with Crippen LogP contribution >= 0.6 is 0 Å². The molecular formula is C8H16NNaO4. The van der Waals surface area contributed by atoms with Crippen molar-refractivity contribution < 1.29 is 49.7 Å². The van der Waals surface area contributed by atoms with Crippen molar-refractivity contribution in [2.24, 2.45) is 0 Å². The van der Waals surface area contributed by atoms with Gasteiger partial charge in [0.25, 0.3) is 0 Å². The predicted molar refractivity (Wildman–Crippen MR) is 44.8 cm³/mol. The Labute approximate surface area is 106 Å². The first-order chi connectivity index (χ1) is 5.91. The van der Waals surface area contributed by atoms with Gasteiger partial charge in [-0.25, -0.2) is 0 Å². The van der Waals surface area contributed by atoms with Gasteiger partial charge in [-0.05, 0) is 13.8 Å². The molecule has 78 valence electrons. The molecule has 0 spiro atoms. The van der Waals surface area contributed by atoms with Crippen molar-refractivity contribution in [3.05, 3.63) is 0 Å². The minimum atomic E-state index is -1.21. The average molecular weight is 213 g/mol. The van der Waals surface area contributed by atoms with Crippen molar-refractivity contribution in [1.82, 2.24) is 4.90 Å². The SMILES string of the molecule is CC(O)CN(CC(=O)[O-])CC(C)O.[Na+]. The van der Waals surface area contributed by atoms with E-state index in [0.717, 1.165) is 0 Å². The van der Waals surface area contributed by atoms with Gasteiger partial charge in [0.15, 0.2) is 0 Å². The zero-order valence-corrected chi connectivity index (χ0v) is 10.9. The first kappa shape index (κ1) is 16.8. The first-order valence-electron chi connectivity index (χ1n) is 4.20. The van der Waals surface area contributed by atoms with Crippen LogP contribution in [0.3, 0.4) is 0 Å². The molecule has 2 unspecified atom stereocenters. The van der Waals surface area contributed by atoms with Crippen molar-refractivity contribution in [3.8, 4) is 0 Å². The van der Waals surface area contributed by atoms with E-state index in [9.17, 15) is 9.90 Å². The van der Waals surface area contributed by atoms with Crippen LogP contribution in [0.4, 0.5) is 0 Å². The van der Waals surface area contributed by atoms with E-state index in [-0.39, 0.29) is 49.2 Å². The standard InChI is InChI=1S/C8H17NO4.Na/c1-6(10)3-9(4-7(2)11)5-8(12)13;/h6-7,10-11H,3-5H2,1-2H3,(H,12,13);/q;+1/p-1. The summed E-state index contributed by atoms with van der Waals surface area (Å²) in [6, 6.07) is 0. The van der Waals surface area contributed by atoms with Gasteiger partial charge in [-0.2, -0.15) is 0 Å². The maximum atomic E-state index is 10.3. The maximum absolute atomic E-state index is 10.3. The van der Waals surface area contributed by atoms with E-state index >= 15 is 0 Å². The number of aliphatic hydroxyl groups excluding tert-OH is 2. The van der Waals surface area contributed by atoms with Crippen molar-refractivity contribution >= 4 is 5.97 Å². The number of aliphatic carboxylic acids is 1. The summed E-state index contributed by atoms with van der Waals surface area (Å²) in [6.07, 6.45) is -1.23. The first-order valence-corrected chi connectivity index (χ1v) is 4.20. The van der Waals surface area contributed by atoms with E-state index in [0.29, 0.717) is 0 Å². The smallest absolute Gasteiger partial charge is 0.549 e. The van der Waals surface area contributed by atoms with Gasteiger partial charge in [-0.15, -0.1) is 0 Å². The van der Waals surface area contributed by atoms with Gasteiger partial charge in [0, 0.05) is 19.6 Å². The fourth-order valence-corrected chi connectivity index (χ4v) is 1.13. The number of carboxylic acids is 1. The minimum Gasteiger partial charge on any atom is -0.549 e. The Bertz CT molecular complexity index is 153. The Morgan fingerprint density at radius 3 is 1.86 bits per heavy atom. The number of hydrogen-bond acceptors (Lipinski definition) is 5. The molecule has 5 nitrogen and oxygen atoms in total. The Hall–Kier alpha value is 0.350. The summed E-state index contributed by atoms with van der Waals surface area (Å²) in [5, 5.41) is 28.3. The van der Waals surface area contributed by atoms with Gasteiger partial charge in [-0.1, -0.05) is 0 Å². The molecule has 0 aromatic heterocycles. The number of hydrogen-bond donors (Lipinski definition) is 2. The van der Waals surface area contributed by atoms with Crippen LogP contribution < -0.4 is 34.7 Å². The van der Waals surface area contributed by atoms with Gasteiger partial charge >= 0.3 is 29.6 Å². The zero-order chi connectivity index (χ0) is 10.4. The van der Waals surface area contributed by atoms with Crippen molar-refractivity contribution in [1.29, 1.82) is 0 Å². The molecule has 0 heterocycles. The summed E-state index contributed by atoms with van der Waals surface area (Å²) in [6.45, 7) is 3.29. The van der Waals surface area contributed by atoms with Crippen LogP contribution in [0.2, 0.25) is 0 Å². The van der Waals surface area contributed by atoms with Gasteiger partial charge in [-0.3, -0.25) is 4.90 Å². The summed E-state index contributed by atoms with van der Waals surface area (Å²) in [5.74, 6) is -1.21. The van der Waals surface area contributed by atoms with Crippen LogP contribution in [0.1, 0.15) is 13.8 Å². The number of carbonyl (C=O) groups excluding carboxylic acids is 1. The summed E-state index contributed by atoms with van der Waals surface area (Å²) in [4.78, 5) is 11.7. The van der Waals surface area contributed by atoms with E-state index in [1.54, 1.807) is 13.8 Å². The number of nitrogens with zero attached hydrogens (tertiary/aromatic N) is 1. The molecule has 0 bridgehead atoms. The van der Waals surface area contributed by atoms with Crippen molar-refractivity contribution in [3.63, 3.8) is 0 Å². The van der Waals surface area contributed by atoms with E-state index in [2.05, 4.69) is 0 Å². The third-order valence-electron chi connectivity index (χ3n) is 1.40. The fraction of sp³-hybridized carbons (Fsp3) is 0.875. The number of carbonyl (C=O) groups is 1. The summed E-state index contributed by atoms with van der Waals surface area (Å²) in [5.41, 5.74) is 0. The molecule has 0 aliphatic rings. The number of aliphatic hydroxyl groups is 2. The van der Waals surface area contributed by atoms with Crippen LogP contribution in [0, 0.1) is 0 Å². The van der Waals surface area contributed by atoms with Gasteiger partial charge < -0.3 is 20.1 Å². The molecule has 2 N–H and O–H groups in total. The normalized spacial score (nSPS) is 14.6. The molecule has 0 rings (SSSR count). The second-order valence-electron chi connectivity index (χ2n) is 3.26. The van der Waals surface area contributed by atoms with Crippen molar-refractivity contribution in [2.75, 3.05) is 19.6 Å². The topological polar surface area (TPSA) is 83.8 Å². The third-order valence-corrected chi connectivity index (χ3v) is 1.40. The summed E-state index contributed by atoms with van der Waals surface area (Å²) >= 11 is 0. The second kappa shape index (κ2) is 8.64. The third kappa shape index (κ3) is 10.4. The van der Waals surface area contributed by atoms with Gasteiger partial charge in [0.2, 0.25) is 0 Å². The van der Waals surface area contributed by atoms with Crippen LogP contribution in [0.25, 0.3) is 0 Å². The predicted octanol–water partition coefficient (Wildman–Crippen LogP) is -5.20. The molecule has 0 aliphatic heterocycles. The minimum absolute atomic E-state index is 0. The molecular weight excluding hydrogens is 197 g/mol. The molecule has 0 aromatic carbocycles. The van der Waals surface area contributed by atoms with Crippen molar-refractivity contribution in [2.45, 2.75) is 26.1 Å². The quantitative estimate of drug-likeness (QED) is 0.431. The Morgan fingerprint density at radius 1 is 1.29 bits per heavy atom. The molecule has 0 saturated heterocycles. The molecule has 2 atom stereocenters. The molecule has 0 fully saturated rings. The zero-order valence-electron chi connectivity index (χ0n) is 8.93. The van der Waals surface area contributed by atoms with E-state index < -0.39 is 18.2 Å². The summed E-state index contributed by atoms with van der Waals surface area (Å²) in [7, 11) is 0. The molecule has 6 heteroatoms. The van der Waals surface area contributed by atoms with Gasteiger partial charge in [0.1, 0.15) is 0 Å². The average Bonchev–Trinajstić information content (AvgIpc) is 1.80. The Morgan fingerprint density at radius 2 is 1.64 bits per heavy atom. The molecule has 0 amide bonds. The van der Waals surface area contributed by atoms with Crippen LogP contribution in [0.5, 0.6) is 0 Å². The molecule has 0 saturated carbocycles. The Balaban J connectivity index is 0. The van der Waals surface area contributed by atoms with E-state index in [1.165, 1.54) is 4.90 Å². The Kier molecular flexibility index (Phi) is 10.4. The monoisotopic (exact) mass is 213 g/mol. The van der Waals surface area contributed by atoms with Crippen LogP contribution in [-0.4, -0.2) is 52.9 Å². The summed E-state index contributed by atoms with van der Waals surface area (Å²) < 4.78 is 0. The van der Waals surface area contributed by atoms with Gasteiger partial charge in [0.05, 0.1) is 18.2 Å². The van der Waals surface area contributed by atoms with E-state index in [4.69, 9.17) is 10.2 Å². The van der Waals surface area contributed by atoms with Crippen LogP contribution in [0.15, 0.2) is 0 Å². The molecule has 14 heavy (non-hydrogen) atoms.